The summed E-state index contributed by atoms with van der Waals surface area (Å²) in [7, 11) is 0. The van der Waals surface area contributed by atoms with E-state index in [4.69, 9.17) is 0 Å². The van der Waals surface area contributed by atoms with E-state index < -0.39 is 29.4 Å². The van der Waals surface area contributed by atoms with Gasteiger partial charge in [0.2, 0.25) is 5.78 Å². The van der Waals surface area contributed by atoms with Crippen molar-refractivity contribution in [1.82, 2.24) is 0 Å². The van der Waals surface area contributed by atoms with Crippen molar-refractivity contribution in [2.75, 3.05) is 0 Å². The Bertz CT molecular complexity index is 488. The van der Waals surface area contributed by atoms with Crippen LogP contribution in [-0.4, -0.2) is 23.8 Å². The smallest absolute Gasteiger partial charge is 0.287 e. The number of carbonyl (C=O) groups is 1. The van der Waals surface area contributed by atoms with Gasteiger partial charge in [-0.15, -0.1) is 0 Å². The van der Waals surface area contributed by atoms with E-state index in [0.29, 0.717) is 12.0 Å². The summed E-state index contributed by atoms with van der Waals surface area (Å²) < 4.78 is 87.5. The van der Waals surface area contributed by atoms with E-state index in [9.17, 15) is 35.5 Å². The monoisotopic (exact) mass is 302 g/mol. The van der Waals surface area contributed by atoms with E-state index in [2.05, 4.69) is 0 Å². The molecule has 0 atom stereocenters. The van der Waals surface area contributed by atoms with Crippen molar-refractivity contribution < 1.29 is 35.5 Å². The first-order chi connectivity index (χ1) is 8.95. The number of Topliss-reactive ketones (excluding diaryl/α,β-unsaturated/α-hetero) is 1. The van der Waals surface area contributed by atoms with Gasteiger partial charge in [-0.2, -0.15) is 30.7 Å². The predicted octanol–water partition coefficient (Wildman–Crippen LogP) is 4.26. The zero-order chi connectivity index (χ0) is 15.8. The van der Waals surface area contributed by atoms with Crippen LogP contribution in [0.1, 0.15) is 22.8 Å². The fourth-order valence-corrected chi connectivity index (χ4v) is 1.39. The molecule has 0 saturated carbocycles. The summed E-state index contributed by atoms with van der Waals surface area (Å²) in [5.74, 6) is -14.9. The molecule has 0 radical (unpaired) electrons. The fourth-order valence-electron chi connectivity index (χ4n) is 1.39. The van der Waals surface area contributed by atoms with Crippen molar-refractivity contribution >= 4 is 5.78 Å². The average molecular weight is 302 g/mol. The lowest BCUT2D eigenvalue weighted by Gasteiger charge is -2.27. The number of hydrogen-bond donors (Lipinski definition) is 0. The lowest BCUT2D eigenvalue weighted by Crippen LogP contribution is -2.56. The van der Waals surface area contributed by atoms with Gasteiger partial charge in [0.05, 0.1) is 0 Å². The highest BCUT2D eigenvalue weighted by molar-refractivity contribution is 6.02. The molecular weight excluding hydrogens is 293 g/mol. The standard InChI is InChI=1S/C12H9F7O/c1-2-7-3-5-8(6-4-7)9(20)10(13,14)11(15,16)12(17,18)19/h3-6H,2H2,1H3. The molecule has 0 N–H and O–H groups in total. The van der Waals surface area contributed by atoms with Gasteiger partial charge in [-0.3, -0.25) is 4.79 Å². The van der Waals surface area contributed by atoms with Crippen molar-refractivity contribution in [3.05, 3.63) is 35.4 Å². The van der Waals surface area contributed by atoms with E-state index >= 15 is 0 Å². The quantitative estimate of drug-likeness (QED) is 0.600. The number of benzene rings is 1. The molecule has 1 nitrogen and oxygen atoms in total. The molecule has 0 amide bonds. The molecule has 8 heteroatoms. The minimum absolute atomic E-state index is 0.490. The number of hydrogen-bond acceptors (Lipinski definition) is 1. The number of carbonyl (C=O) groups excluding carboxylic acids is 1. The molecule has 0 saturated heterocycles. The van der Waals surface area contributed by atoms with E-state index in [1.54, 1.807) is 6.92 Å². The molecule has 112 valence electrons. The van der Waals surface area contributed by atoms with Gasteiger partial charge in [-0.05, 0) is 12.0 Å². The van der Waals surface area contributed by atoms with Crippen LogP contribution in [0.4, 0.5) is 30.7 Å². The zero-order valence-electron chi connectivity index (χ0n) is 10.1. The maximum atomic E-state index is 13.1. The van der Waals surface area contributed by atoms with Crippen LogP contribution in [0.3, 0.4) is 0 Å². The maximum absolute atomic E-state index is 13.1. The van der Waals surface area contributed by atoms with E-state index in [-0.39, 0.29) is 0 Å². The Morgan fingerprint density at radius 3 is 1.75 bits per heavy atom. The molecule has 1 aromatic carbocycles. The van der Waals surface area contributed by atoms with Crippen molar-refractivity contribution in [3.63, 3.8) is 0 Å². The van der Waals surface area contributed by atoms with Gasteiger partial charge in [0.1, 0.15) is 0 Å². The Hall–Kier alpha value is -1.60. The SMILES string of the molecule is CCc1ccc(C(=O)C(F)(F)C(F)(F)C(F)(F)F)cc1. The minimum Gasteiger partial charge on any atom is -0.287 e. The molecule has 0 bridgehead atoms. The first-order valence-electron chi connectivity index (χ1n) is 5.41. The molecular formula is C12H9F7O. The second-order valence-corrected chi connectivity index (χ2v) is 4.03. The highest BCUT2D eigenvalue weighted by Crippen LogP contribution is 2.47. The first-order valence-corrected chi connectivity index (χ1v) is 5.41. The third-order valence-electron chi connectivity index (χ3n) is 2.66. The van der Waals surface area contributed by atoms with Crippen LogP contribution in [0.15, 0.2) is 24.3 Å². The van der Waals surface area contributed by atoms with E-state index in [0.717, 1.165) is 12.1 Å². The molecule has 1 aromatic rings. The number of alkyl halides is 7. The summed E-state index contributed by atoms with van der Waals surface area (Å²) in [4.78, 5) is 11.2. The second kappa shape index (κ2) is 5.06. The first kappa shape index (κ1) is 16.5. The zero-order valence-corrected chi connectivity index (χ0v) is 10.1. The minimum atomic E-state index is -6.52. The van der Waals surface area contributed by atoms with Crippen LogP contribution in [-0.2, 0) is 6.42 Å². The largest absolute Gasteiger partial charge is 0.460 e. The van der Waals surface area contributed by atoms with Gasteiger partial charge in [-0.1, -0.05) is 31.2 Å². The van der Waals surface area contributed by atoms with Crippen molar-refractivity contribution in [2.24, 2.45) is 0 Å². The average Bonchev–Trinajstić information content (AvgIpc) is 2.36. The van der Waals surface area contributed by atoms with Crippen LogP contribution in [0.5, 0.6) is 0 Å². The van der Waals surface area contributed by atoms with Gasteiger partial charge in [0, 0.05) is 5.56 Å². The summed E-state index contributed by atoms with van der Waals surface area (Å²) in [6.07, 6.45) is -6.03. The summed E-state index contributed by atoms with van der Waals surface area (Å²) >= 11 is 0. The molecule has 0 aliphatic heterocycles. The summed E-state index contributed by atoms with van der Waals surface area (Å²) in [5, 5.41) is 0. The number of ketones is 1. The molecule has 0 fully saturated rings. The van der Waals surface area contributed by atoms with Crippen molar-refractivity contribution in [1.29, 1.82) is 0 Å². The van der Waals surface area contributed by atoms with Crippen LogP contribution < -0.4 is 0 Å². The van der Waals surface area contributed by atoms with Crippen LogP contribution >= 0.6 is 0 Å². The molecule has 0 heterocycles. The van der Waals surface area contributed by atoms with Crippen molar-refractivity contribution in [3.8, 4) is 0 Å². The number of aryl methyl sites for hydroxylation is 1. The maximum Gasteiger partial charge on any atom is 0.460 e. The fraction of sp³-hybridized carbons (Fsp3) is 0.417. The summed E-state index contributed by atoms with van der Waals surface area (Å²) in [5.41, 5.74) is -0.288. The molecule has 0 aliphatic carbocycles. The summed E-state index contributed by atoms with van der Waals surface area (Å²) in [6, 6.07) is 3.99. The van der Waals surface area contributed by atoms with E-state index in [1.165, 1.54) is 12.1 Å². The highest BCUT2D eigenvalue weighted by Gasteiger charge is 2.76. The topological polar surface area (TPSA) is 17.1 Å². The Balaban J connectivity index is 3.17. The van der Waals surface area contributed by atoms with Crippen LogP contribution in [0.25, 0.3) is 0 Å². The third-order valence-corrected chi connectivity index (χ3v) is 2.66. The lowest BCUT2D eigenvalue weighted by molar-refractivity contribution is -0.339. The second-order valence-electron chi connectivity index (χ2n) is 4.03. The van der Waals surface area contributed by atoms with Crippen LogP contribution in [0.2, 0.25) is 0 Å². The Labute approximate surface area is 109 Å². The Morgan fingerprint density at radius 2 is 1.40 bits per heavy atom. The lowest BCUT2D eigenvalue weighted by atomic mass is 9.98. The summed E-state index contributed by atoms with van der Waals surface area (Å²) in [6.45, 7) is 1.71. The van der Waals surface area contributed by atoms with Gasteiger partial charge in [0.25, 0.3) is 0 Å². The van der Waals surface area contributed by atoms with Gasteiger partial charge >= 0.3 is 18.0 Å². The van der Waals surface area contributed by atoms with Crippen LogP contribution in [0, 0.1) is 0 Å². The Morgan fingerprint density at radius 1 is 0.950 bits per heavy atom. The number of halogens is 7. The predicted molar refractivity (Wildman–Crippen MR) is 56.1 cm³/mol. The molecule has 0 aromatic heterocycles. The molecule has 0 spiro atoms. The Kier molecular flexibility index (Phi) is 4.17. The number of rotatable bonds is 4. The molecule has 0 aliphatic rings. The highest BCUT2D eigenvalue weighted by atomic mass is 19.4. The van der Waals surface area contributed by atoms with Gasteiger partial charge in [0.15, 0.2) is 0 Å². The molecule has 1 rings (SSSR count). The van der Waals surface area contributed by atoms with Gasteiger partial charge in [-0.25, -0.2) is 0 Å². The third kappa shape index (κ3) is 2.64. The molecule has 20 heavy (non-hydrogen) atoms. The molecule has 0 unspecified atom stereocenters. The van der Waals surface area contributed by atoms with E-state index in [1.807, 2.05) is 0 Å². The normalized spacial score (nSPS) is 13.4. The van der Waals surface area contributed by atoms with Crippen molar-refractivity contribution in [2.45, 2.75) is 31.4 Å². The van der Waals surface area contributed by atoms with Gasteiger partial charge < -0.3 is 0 Å².